The Balaban J connectivity index is 2.19. The molecule has 6 nitrogen and oxygen atoms in total. The maximum absolute atomic E-state index is 12.8. The van der Waals surface area contributed by atoms with E-state index in [0.29, 0.717) is 23.6 Å². The molecule has 0 saturated carbocycles. The van der Waals surface area contributed by atoms with Crippen LogP contribution in [0.5, 0.6) is 0 Å². The van der Waals surface area contributed by atoms with Gasteiger partial charge in [0.15, 0.2) is 0 Å². The van der Waals surface area contributed by atoms with E-state index >= 15 is 0 Å². The molecular formula is C18H23N3O3S2. The number of carbonyl (C=O) groups excluding carboxylic acids is 2. The molecule has 2 aromatic rings. The van der Waals surface area contributed by atoms with Crippen LogP contribution in [0.4, 0.5) is 5.00 Å². The number of thioether (sulfide) groups is 1. The molecule has 0 saturated heterocycles. The molecule has 2 heterocycles. The van der Waals surface area contributed by atoms with Gasteiger partial charge in [-0.1, -0.05) is 18.7 Å². The van der Waals surface area contributed by atoms with E-state index in [-0.39, 0.29) is 11.2 Å². The number of nitrogens with one attached hydrogen (secondary N) is 1. The van der Waals surface area contributed by atoms with E-state index in [1.54, 1.807) is 6.92 Å². The van der Waals surface area contributed by atoms with E-state index in [4.69, 9.17) is 4.74 Å². The van der Waals surface area contributed by atoms with Gasteiger partial charge in [-0.3, -0.25) is 4.79 Å². The number of esters is 1. The predicted molar refractivity (Wildman–Crippen MR) is 105 cm³/mol. The first-order valence-corrected chi connectivity index (χ1v) is 10.1. The Bertz CT molecular complexity index is 805. The maximum atomic E-state index is 12.8. The molecule has 1 amide bonds. The van der Waals surface area contributed by atoms with E-state index in [9.17, 15) is 9.59 Å². The van der Waals surface area contributed by atoms with Crippen molar-refractivity contribution in [3.8, 4) is 0 Å². The summed E-state index contributed by atoms with van der Waals surface area (Å²) in [6, 6.07) is 1.85. The van der Waals surface area contributed by atoms with Crippen molar-refractivity contribution in [2.45, 2.75) is 51.3 Å². The molecule has 0 spiro atoms. The second-order valence-corrected chi connectivity index (χ2v) is 8.16. The standard InChI is InChI=1S/C18H23N3O3S2/c1-6-13(26-14-8-10(3)19-9-20-14)16(22)21-17-15(18(23)24-7-2)11(4)12(5)25-17/h8-9,13H,6-7H2,1-5H3,(H,21,22). The van der Waals surface area contributed by atoms with Crippen molar-refractivity contribution in [3.63, 3.8) is 0 Å². The zero-order valence-corrected chi connectivity index (χ0v) is 17.2. The van der Waals surface area contributed by atoms with Gasteiger partial charge in [-0.2, -0.15) is 0 Å². The third kappa shape index (κ3) is 4.82. The predicted octanol–water partition coefficient (Wildman–Crippen LogP) is 4.15. The van der Waals surface area contributed by atoms with Gasteiger partial charge in [0.2, 0.25) is 5.91 Å². The monoisotopic (exact) mass is 393 g/mol. The molecule has 1 unspecified atom stereocenters. The second-order valence-electron chi connectivity index (χ2n) is 5.71. The lowest BCUT2D eigenvalue weighted by molar-refractivity contribution is -0.115. The zero-order valence-electron chi connectivity index (χ0n) is 15.6. The molecule has 2 rings (SSSR count). The number of amides is 1. The molecule has 0 aliphatic rings. The van der Waals surface area contributed by atoms with Crippen LogP contribution in [0.2, 0.25) is 0 Å². The number of hydrogen-bond acceptors (Lipinski definition) is 7. The minimum absolute atomic E-state index is 0.152. The van der Waals surface area contributed by atoms with Crippen LogP contribution < -0.4 is 5.32 Å². The quantitative estimate of drug-likeness (QED) is 0.432. The number of carbonyl (C=O) groups is 2. The van der Waals surface area contributed by atoms with Crippen LogP contribution >= 0.6 is 23.1 Å². The fraction of sp³-hybridized carbons (Fsp3) is 0.444. The van der Waals surface area contributed by atoms with Gasteiger partial charge in [-0.25, -0.2) is 14.8 Å². The first-order valence-electron chi connectivity index (χ1n) is 8.40. The van der Waals surface area contributed by atoms with Crippen molar-refractivity contribution >= 4 is 40.0 Å². The molecule has 140 valence electrons. The molecule has 0 fully saturated rings. The second kappa shape index (κ2) is 9.14. The summed E-state index contributed by atoms with van der Waals surface area (Å²) in [5.74, 6) is -0.558. The summed E-state index contributed by atoms with van der Waals surface area (Å²) in [5.41, 5.74) is 2.14. The average Bonchev–Trinajstić information content (AvgIpc) is 2.86. The summed E-state index contributed by atoms with van der Waals surface area (Å²) in [7, 11) is 0. The number of rotatable bonds is 7. The van der Waals surface area contributed by atoms with Crippen LogP contribution in [0.3, 0.4) is 0 Å². The van der Waals surface area contributed by atoms with Crippen molar-refractivity contribution in [1.29, 1.82) is 0 Å². The Morgan fingerprint density at radius 3 is 2.62 bits per heavy atom. The molecule has 26 heavy (non-hydrogen) atoms. The molecule has 0 radical (unpaired) electrons. The van der Waals surface area contributed by atoms with E-state index in [1.165, 1.54) is 29.4 Å². The molecule has 0 bridgehead atoms. The lowest BCUT2D eigenvalue weighted by Gasteiger charge is -2.14. The topological polar surface area (TPSA) is 81.2 Å². The minimum atomic E-state index is -0.406. The van der Waals surface area contributed by atoms with Gasteiger partial charge in [0.25, 0.3) is 0 Å². The molecule has 8 heteroatoms. The van der Waals surface area contributed by atoms with Crippen LogP contribution in [0, 0.1) is 20.8 Å². The van der Waals surface area contributed by atoms with Gasteiger partial charge in [0, 0.05) is 10.6 Å². The molecule has 0 aromatic carbocycles. The van der Waals surface area contributed by atoms with Crippen molar-refractivity contribution in [2.24, 2.45) is 0 Å². The van der Waals surface area contributed by atoms with Gasteiger partial charge in [-0.15, -0.1) is 11.3 Å². The largest absolute Gasteiger partial charge is 0.462 e. The van der Waals surface area contributed by atoms with Gasteiger partial charge < -0.3 is 10.1 Å². The van der Waals surface area contributed by atoms with E-state index in [0.717, 1.165) is 21.2 Å². The summed E-state index contributed by atoms with van der Waals surface area (Å²) in [4.78, 5) is 34.3. The lowest BCUT2D eigenvalue weighted by atomic mass is 10.1. The van der Waals surface area contributed by atoms with Crippen molar-refractivity contribution in [3.05, 3.63) is 34.1 Å². The Hall–Kier alpha value is -1.93. The number of nitrogens with zero attached hydrogens (tertiary/aromatic N) is 2. The van der Waals surface area contributed by atoms with Crippen LogP contribution in [0.25, 0.3) is 0 Å². The van der Waals surface area contributed by atoms with E-state index in [1.807, 2.05) is 33.8 Å². The highest BCUT2D eigenvalue weighted by Gasteiger charge is 2.25. The first kappa shape index (κ1) is 20.4. The number of thiophene rings is 1. The Morgan fingerprint density at radius 2 is 2.00 bits per heavy atom. The summed E-state index contributed by atoms with van der Waals surface area (Å²) in [6.07, 6.45) is 2.13. The molecule has 1 atom stereocenters. The highest BCUT2D eigenvalue weighted by molar-refractivity contribution is 8.00. The number of aryl methyl sites for hydroxylation is 2. The number of aromatic nitrogens is 2. The fourth-order valence-electron chi connectivity index (χ4n) is 2.32. The van der Waals surface area contributed by atoms with Gasteiger partial charge in [0.1, 0.15) is 16.4 Å². The van der Waals surface area contributed by atoms with Crippen LogP contribution in [0.15, 0.2) is 17.4 Å². The van der Waals surface area contributed by atoms with Crippen LogP contribution in [-0.4, -0.2) is 33.7 Å². The lowest BCUT2D eigenvalue weighted by Crippen LogP contribution is -2.25. The summed E-state index contributed by atoms with van der Waals surface area (Å²) in [5, 5.41) is 3.89. The molecule has 2 aromatic heterocycles. The minimum Gasteiger partial charge on any atom is -0.462 e. The molecule has 0 aliphatic carbocycles. The number of anilines is 1. The number of ether oxygens (including phenoxy) is 1. The summed E-state index contributed by atoms with van der Waals surface area (Å²) >= 11 is 2.78. The SMILES string of the molecule is CCOC(=O)c1c(NC(=O)C(CC)Sc2cc(C)ncn2)sc(C)c1C. The maximum Gasteiger partial charge on any atom is 0.341 e. The molecular weight excluding hydrogens is 370 g/mol. The Kier molecular flexibility index (Phi) is 7.16. The van der Waals surface area contributed by atoms with Crippen LogP contribution in [0.1, 0.15) is 46.8 Å². The van der Waals surface area contributed by atoms with Gasteiger partial charge in [-0.05, 0) is 45.7 Å². The number of hydrogen-bond donors (Lipinski definition) is 1. The molecule has 0 aliphatic heterocycles. The summed E-state index contributed by atoms with van der Waals surface area (Å²) < 4.78 is 5.13. The zero-order chi connectivity index (χ0) is 19.3. The van der Waals surface area contributed by atoms with Crippen molar-refractivity contribution in [1.82, 2.24) is 9.97 Å². The van der Waals surface area contributed by atoms with Gasteiger partial charge >= 0.3 is 5.97 Å². The van der Waals surface area contributed by atoms with Crippen molar-refractivity contribution in [2.75, 3.05) is 11.9 Å². The average molecular weight is 394 g/mol. The normalized spacial score (nSPS) is 11.9. The van der Waals surface area contributed by atoms with Crippen molar-refractivity contribution < 1.29 is 14.3 Å². The Labute approximate surface area is 161 Å². The smallest absolute Gasteiger partial charge is 0.341 e. The highest BCUT2D eigenvalue weighted by Crippen LogP contribution is 2.34. The summed E-state index contributed by atoms with van der Waals surface area (Å²) in [6.45, 7) is 9.68. The Morgan fingerprint density at radius 1 is 1.27 bits per heavy atom. The third-order valence-electron chi connectivity index (χ3n) is 3.81. The van der Waals surface area contributed by atoms with E-state index < -0.39 is 5.97 Å². The fourth-order valence-corrected chi connectivity index (χ4v) is 4.34. The van der Waals surface area contributed by atoms with E-state index in [2.05, 4.69) is 15.3 Å². The van der Waals surface area contributed by atoms with Crippen LogP contribution in [-0.2, 0) is 9.53 Å². The highest BCUT2D eigenvalue weighted by atomic mass is 32.2. The molecule has 1 N–H and O–H groups in total. The first-order chi connectivity index (χ1) is 12.4. The third-order valence-corrected chi connectivity index (χ3v) is 6.23. The van der Waals surface area contributed by atoms with Gasteiger partial charge in [0.05, 0.1) is 17.4 Å².